The van der Waals surface area contributed by atoms with Crippen LogP contribution in [0.2, 0.25) is 0 Å². The molecule has 6 rings (SSSR count). The summed E-state index contributed by atoms with van der Waals surface area (Å²) in [6.07, 6.45) is 4.45. The second-order valence-corrected chi connectivity index (χ2v) is 10.1. The molecule has 0 radical (unpaired) electrons. The molecule has 4 heterocycles. The van der Waals surface area contributed by atoms with Gasteiger partial charge < -0.3 is 15.0 Å². The lowest BCUT2D eigenvalue weighted by atomic mass is 9.75. The van der Waals surface area contributed by atoms with Gasteiger partial charge in [0.05, 0.1) is 18.3 Å². The fourth-order valence-corrected chi connectivity index (χ4v) is 6.03. The number of urea groups is 1. The number of pyridine rings is 1. The van der Waals surface area contributed by atoms with Gasteiger partial charge in [-0.3, -0.25) is 19.5 Å². The molecule has 0 spiro atoms. The third-order valence-electron chi connectivity index (χ3n) is 8.00. The summed E-state index contributed by atoms with van der Waals surface area (Å²) in [5.74, 6) is -0.474. The van der Waals surface area contributed by atoms with Gasteiger partial charge in [0.1, 0.15) is 0 Å². The van der Waals surface area contributed by atoms with Crippen LogP contribution < -0.4 is 5.32 Å². The van der Waals surface area contributed by atoms with Gasteiger partial charge in [-0.05, 0) is 60.7 Å². The number of aromatic nitrogens is 1. The van der Waals surface area contributed by atoms with Gasteiger partial charge in [0.15, 0.2) is 5.54 Å². The Morgan fingerprint density at radius 2 is 1.78 bits per heavy atom. The molecule has 2 atom stereocenters. The Kier molecular flexibility index (Phi) is 6.12. The van der Waals surface area contributed by atoms with Crippen LogP contribution in [0.1, 0.15) is 41.7 Å². The molecule has 2 aromatic carbocycles. The highest BCUT2D eigenvalue weighted by atomic mass is 16.5. The number of carbonyl (C=O) groups is 3. The average molecular weight is 499 g/mol. The Morgan fingerprint density at radius 3 is 2.51 bits per heavy atom. The molecule has 37 heavy (non-hydrogen) atoms. The first-order valence-corrected chi connectivity index (χ1v) is 13.0. The topological polar surface area (TPSA) is 91.8 Å². The Bertz CT molecular complexity index is 1330. The lowest BCUT2D eigenvalue weighted by molar-refractivity contribution is -0.135. The van der Waals surface area contributed by atoms with Crippen LogP contribution in [0.3, 0.4) is 0 Å². The Hall–Kier alpha value is -3.78. The number of carbonyl (C=O) groups excluding carboxylic acids is 3. The van der Waals surface area contributed by atoms with Crippen LogP contribution in [0.5, 0.6) is 0 Å². The molecular weight excluding hydrogens is 468 g/mol. The molecule has 1 aromatic heterocycles. The largest absolute Gasteiger partial charge is 0.376 e. The lowest BCUT2D eigenvalue weighted by Crippen LogP contribution is -2.54. The molecule has 3 aromatic rings. The fourth-order valence-electron chi connectivity index (χ4n) is 6.03. The monoisotopic (exact) mass is 498 g/mol. The van der Waals surface area contributed by atoms with Gasteiger partial charge in [0.25, 0.3) is 11.8 Å². The van der Waals surface area contributed by atoms with E-state index < -0.39 is 11.6 Å². The molecule has 3 fully saturated rings. The Morgan fingerprint density at radius 1 is 1.00 bits per heavy atom. The SMILES string of the molecule is O=C(c1ccc2ccccc2c1)N1CCC([C@]2(c3ccccn3)NC(=O)N(C[C@H]3CCCO3)C2=O)CC1. The van der Waals surface area contributed by atoms with E-state index in [1.807, 2.05) is 53.4 Å². The first-order chi connectivity index (χ1) is 18.1. The molecule has 0 saturated carbocycles. The number of hydrogen-bond acceptors (Lipinski definition) is 5. The van der Waals surface area contributed by atoms with Crippen LogP contribution in [0, 0.1) is 5.92 Å². The third kappa shape index (κ3) is 4.15. The summed E-state index contributed by atoms with van der Waals surface area (Å²) < 4.78 is 5.71. The van der Waals surface area contributed by atoms with Gasteiger partial charge in [-0.25, -0.2) is 4.79 Å². The summed E-state index contributed by atoms with van der Waals surface area (Å²) in [6, 6.07) is 18.8. The number of ether oxygens (including phenoxy) is 1. The van der Waals surface area contributed by atoms with E-state index in [1.165, 1.54) is 4.90 Å². The van der Waals surface area contributed by atoms with Crippen molar-refractivity contribution in [1.29, 1.82) is 0 Å². The smallest absolute Gasteiger partial charge is 0.325 e. The minimum absolute atomic E-state index is 0.0159. The highest BCUT2D eigenvalue weighted by Gasteiger charge is 2.58. The average Bonchev–Trinajstić information content (AvgIpc) is 3.56. The van der Waals surface area contributed by atoms with Crippen LogP contribution in [-0.4, -0.2) is 65.0 Å². The van der Waals surface area contributed by atoms with E-state index in [0.717, 1.165) is 23.6 Å². The van der Waals surface area contributed by atoms with Gasteiger partial charge in [0, 0.05) is 37.4 Å². The number of benzene rings is 2. The molecule has 0 unspecified atom stereocenters. The van der Waals surface area contributed by atoms with E-state index >= 15 is 0 Å². The molecule has 3 saturated heterocycles. The number of hydrogen-bond donors (Lipinski definition) is 1. The summed E-state index contributed by atoms with van der Waals surface area (Å²) in [5, 5.41) is 5.16. The van der Waals surface area contributed by atoms with E-state index in [-0.39, 0.29) is 30.4 Å². The second-order valence-electron chi connectivity index (χ2n) is 10.1. The summed E-state index contributed by atoms with van der Waals surface area (Å²) in [5.41, 5.74) is -0.0400. The van der Waals surface area contributed by atoms with Crippen molar-refractivity contribution >= 4 is 28.6 Å². The number of amides is 4. The van der Waals surface area contributed by atoms with Gasteiger partial charge in [-0.2, -0.15) is 0 Å². The number of likely N-dealkylation sites (tertiary alicyclic amines) is 1. The summed E-state index contributed by atoms with van der Waals surface area (Å²) in [4.78, 5) is 48.1. The number of rotatable bonds is 5. The third-order valence-corrected chi connectivity index (χ3v) is 8.00. The molecular formula is C29H30N4O4. The Labute approximate surface area is 215 Å². The van der Waals surface area contributed by atoms with E-state index in [9.17, 15) is 14.4 Å². The summed E-state index contributed by atoms with van der Waals surface area (Å²) >= 11 is 0. The van der Waals surface area contributed by atoms with Crippen molar-refractivity contribution in [3.63, 3.8) is 0 Å². The minimum atomic E-state index is -1.24. The standard InChI is InChI=1S/C29H30N4O4/c34-26(22-11-10-20-6-1-2-7-21(20)18-22)32-15-12-23(13-16-32)29(25-9-3-4-14-30-25)27(35)33(28(36)31-29)19-24-8-5-17-37-24/h1-4,6-7,9-11,14,18,23-24H,5,8,12-13,15-17,19H2,(H,31,36)/t24-,29-/m1/s1. The summed E-state index contributed by atoms with van der Waals surface area (Å²) in [7, 11) is 0. The van der Waals surface area contributed by atoms with Crippen molar-refractivity contribution in [1.82, 2.24) is 20.1 Å². The predicted octanol–water partition coefficient (Wildman–Crippen LogP) is 3.71. The fraction of sp³-hybridized carbons (Fsp3) is 0.379. The lowest BCUT2D eigenvalue weighted by Gasteiger charge is -2.40. The molecule has 1 N–H and O–H groups in total. The number of fused-ring (bicyclic) bond motifs is 1. The van der Waals surface area contributed by atoms with Gasteiger partial charge in [-0.1, -0.05) is 36.4 Å². The molecule has 8 nitrogen and oxygen atoms in total. The minimum Gasteiger partial charge on any atom is -0.376 e. The van der Waals surface area contributed by atoms with E-state index in [1.54, 1.807) is 18.3 Å². The maximum Gasteiger partial charge on any atom is 0.325 e. The molecule has 4 amide bonds. The van der Waals surface area contributed by atoms with Crippen molar-refractivity contribution in [2.45, 2.75) is 37.3 Å². The zero-order valence-corrected chi connectivity index (χ0v) is 20.6. The van der Waals surface area contributed by atoms with Crippen LogP contribution in [-0.2, 0) is 15.1 Å². The summed E-state index contributed by atoms with van der Waals surface area (Å²) in [6.45, 7) is 1.90. The van der Waals surface area contributed by atoms with Crippen LogP contribution in [0.25, 0.3) is 10.8 Å². The van der Waals surface area contributed by atoms with Gasteiger partial charge >= 0.3 is 6.03 Å². The normalized spacial score (nSPS) is 24.6. The van der Waals surface area contributed by atoms with Crippen molar-refractivity contribution < 1.29 is 19.1 Å². The predicted molar refractivity (Wildman–Crippen MR) is 138 cm³/mol. The van der Waals surface area contributed by atoms with Crippen molar-refractivity contribution in [3.05, 3.63) is 78.1 Å². The van der Waals surface area contributed by atoms with Crippen LogP contribution >= 0.6 is 0 Å². The quantitative estimate of drug-likeness (QED) is 0.542. The highest BCUT2D eigenvalue weighted by molar-refractivity contribution is 6.07. The number of nitrogens with one attached hydrogen (secondary N) is 1. The maximum absolute atomic E-state index is 14.0. The highest BCUT2D eigenvalue weighted by Crippen LogP contribution is 2.41. The van der Waals surface area contributed by atoms with Crippen molar-refractivity contribution in [2.24, 2.45) is 5.92 Å². The molecule has 0 aliphatic carbocycles. The first-order valence-electron chi connectivity index (χ1n) is 13.0. The number of imide groups is 1. The zero-order chi connectivity index (χ0) is 25.4. The van der Waals surface area contributed by atoms with E-state index in [2.05, 4.69) is 10.3 Å². The van der Waals surface area contributed by atoms with E-state index in [4.69, 9.17) is 4.74 Å². The molecule has 190 valence electrons. The van der Waals surface area contributed by atoms with Gasteiger partial charge in [0.2, 0.25) is 0 Å². The van der Waals surface area contributed by atoms with Crippen molar-refractivity contribution in [2.75, 3.05) is 26.2 Å². The van der Waals surface area contributed by atoms with Crippen LogP contribution in [0.4, 0.5) is 4.79 Å². The first kappa shape index (κ1) is 23.6. The second kappa shape index (κ2) is 9.59. The van der Waals surface area contributed by atoms with Crippen molar-refractivity contribution in [3.8, 4) is 0 Å². The number of nitrogens with zero attached hydrogens (tertiary/aromatic N) is 3. The van der Waals surface area contributed by atoms with Gasteiger partial charge in [-0.15, -0.1) is 0 Å². The van der Waals surface area contributed by atoms with Crippen LogP contribution in [0.15, 0.2) is 66.9 Å². The molecule has 3 aliphatic rings. The Balaban J connectivity index is 1.23. The molecule has 8 heteroatoms. The number of piperidine rings is 1. The molecule has 0 bridgehead atoms. The molecule has 3 aliphatic heterocycles. The maximum atomic E-state index is 14.0. The van der Waals surface area contributed by atoms with E-state index in [0.29, 0.717) is 43.8 Å². The zero-order valence-electron chi connectivity index (χ0n) is 20.6.